The number of anilines is 1. The van der Waals surface area contributed by atoms with E-state index in [1.807, 2.05) is 19.0 Å². The van der Waals surface area contributed by atoms with Gasteiger partial charge in [0.25, 0.3) is 0 Å². The first-order valence-electron chi connectivity index (χ1n) is 5.20. The minimum atomic E-state index is -0.765. The molecule has 1 aromatic rings. The van der Waals surface area contributed by atoms with E-state index in [1.165, 1.54) is 12.1 Å². The summed E-state index contributed by atoms with van der Waals surface area (Å²) >= 11 is 0. The van der Waals surface area contributed by atoms with E-state index in [0.29, 0.717) is 6.42 Å². The van der Waals surface area contributed by atoms with Crippen LogP contribution in [0.25, 0.3) is 0 Å². The van der Waals surface area contributed by atoms with Crippen LogP contribution in [0, 0.1) is 11.7 Å². The number of hydrogen-bond donors (Lipinski definition) is 1. The summed E-state index contributed by atoms with van der Waals surface area (Å²) < 4.78 is 13.1. The quantitative estimate of drug-likeness (QED) is 0.852. The molecule has 0 unspecified atom stereocenters. The van der Waals surface area contributed by atoms with Gasteiger partial charge in [-0.15, -0.1) is 0 Å². The molecule has 0 heterocycles. The average Bonchev–Trinajstić information content (AvgIpc) is 2.97. The lowest BCUT2D eigenvalue weighted by Gasteiger charge is -2.17. The molecule has 0 amide bonds. The second-order valence-electron chi connectivity index (χ2n) is 4.38. The molecule has 1 saturated carbocycles. The minimum absolute atomic E-state index is 0.0375. The Morgan fingerprint density at radius 1 is 1.50 bits per heavy atom. The second kappa shape index (κ2) is 3.77. The van der Waals surface area contributed by atoms with Gasteiger partial charge in [0.05, 0.1) is 5.92 Å². The van der Waals surface area contributed by atoms with Crippen LogP contribution in [0.5, 0.6) is 0 Å². The SMILES string of the molecule is CN(C)c1cc(F)ccc1[C@@H]1C[C@H]1C(=O)O. The van der Waals surface area contributed by atoms with Crippen molar-refractivity contribution in [2.75, 3.05) is 19.0 Å². The number of rotatable bonds is 3. The third-order valence-electron chi connectivity index (χ3n) is 2.98. The van der Waals surface area contributed by atoms with Crippen molar-refractivity contribution in [2.45, 2.75) is 12.3 Å². The van der Waals surface area contributed by atoms with Crippen molar-refractivity contribution >= 4 is 11.7 Å². The van der Waals surface area contributed by atoms with E-state index < -0.39 is 5.97 Å². The van der Waals surface area contributed by atoms with Crippen molar-refractivity contribution in [1.29, 1.82) is 0 Å². The molecule has 1 aromatic carbocycles. The minimum Gasteiger partial charge on any atom is -0.481 e. The lowest BCUT2D eigenvalue weighted by atomic mass is 10.1. The first-order valence-corrected chi connectivity index (χ1v) is 5.20. The summed E-state index contributed by atoms with van der Waals surface area (Å²) in [5.74, 6) is -1.32. The van der Waals surface area contributed by atoms with Gasteiger partial charge in [-0.2, -0.15) is 0 Å². The number of nitrogens with zero attached hydrogens (tertiary/aromatic N) is 1. The van der Waals surface area contributed by atoms with Gasteiger partial charge in [0.2, 0.25) is 0 Å². The lowest BCUT2D eigenvalue weighted by molar-refractivity contribution is -0.138. The van der Waals surface area contributed by atoms with Gasteiger partial charge < -0.3 is 10.0 Å². The van der Waals surface area contributed by atoms with Crippen LogP contribution in [0.2, 0.25) is 0 Å². The summed E-state index contributed by atoms with van der Waals surface area (Å²) in [5.41, 5.74) is 1.70. The van der Waals surface area contributed by atoms with Crippen molar-refractivity contribution in [2.24, 2.45) is 5.92 Å². The van der Waals surface area contributed by atoms with Crippen LogP contribution in [0.3, 0.4) is 0 Å². The smallest absolute Gasteiger partial charge is 0.307 e. The fourth-order valence-corrected chi connectivity index (χ4v) is 2.03. The molecular formula is C12H14FNO2. The zero-order valence-corrected chi connectivity index (χ0v) is 9.27. The maximum atomic E-state index is 13.1. The molecule has 1 aliphatic rings. The topological polar surface area (TPSA) is 40.5 Å². The fourth-order valence-electron chi connectivity index (χ4n) is 2.03. The van der Waals surface area contributed by atoms with Crippen molar-refractivity contribution in [3.05, 3.63) is 29.6 Å². The fraction of sp³-hybridized carbons (Fsp3) is 0.417. The summed E-state index contributed by atoms with van der Waals surface area (Å²) in [6.45, 7) is 0. The van der Waals surface area contributed by atoms with Gasteiger partial charge in [-0.1, -0.05) is 6.07 Å². The number of aliphatic carboxylic acids is 1. The second-order valence-corrected chi connectivity index (χ2v) is 4.38. The highest BCUT2D eigenvalue weighted by molar-refractivity contribution is 5.76. The van der Waals surface area contributed by atoms with Crippen molar-refractivity contribution in [3.8, 4) is 0 Å². The lowest BCUT2D eigenvalue weighted by Crippen LogP contribution is -2.12. The van der Waals surface area contributed by atoms with Gasteiger partial charge in [0.15, 0.2) is 0 Å². The molecule has 1 fully saturated rings. The van der Waals surface area contributed by atoms with Crippen LogP contribution in [-0.2, 0) is 4.79 Å². The van der Waals surface area contributed by atoms with Crippen LogP contribution in [0.4, 0.5) is 10.1 Å². The molecule has 86 valence electrons. The molecule has 1 aliphatic carbocycles. The van der Waals surface area contributed by atoms with E-state index in [4.69, 9.17) is 5.11 Å². The number of benzene rings is 1. The number of carboxylic acid groups (broad SMARTS) is 1. The number of halogens is 1. The molecule has 0 spiro atoms. The Labute approximate surface area is 93.5 Å². The largest absolute Gasteiger partial charge is 0.481 e. The van der Waals surface area contributed by atoms with E-state index in [-0.39, 0.29) is 17.7 Å². The molecular weight excluding hydrogens is 209 g/mol. The van der Waals surface area contributed by atoms with Crippen molar-refractivity contribution in [3.63, 3.8) is 0 Å². The third kappa shape index (κ3) is 1.87. The van der Waals surface area contributed by atoms with Crippen LogP contribution < -0.4 is 4.90 Å². The summed E-state index contributed by atoms with van der Waals surface area (Å²) in [7, 11) is 3.66. The van der Waals surface area contributed by atoms with E-state index in [0.717, 1.165) is 11.3 Å². The molecule has 0 bridgehead atoms. The molecule has 2 rings (SSSR count). The summed E-state index contributed by atoms with van der Waals surface area (Å²) in [4.78, 5) is 12.6. The van der Waals surface area contributed by atoms with Crippen molar-refractivity contribution < 1.29 is 14.3 Å². The first-order chi connectivity index (χ1) is 7.50. The Morgan fingerprint density at radius 2 is 2.19 bits per heavy atom. The Balaban J connectivity index is 2.31. The van der Waals surface area contributed by atoms with Gasteiger partial charge in [0.1, 0.15) is 5.82 Å². The molecule has 1 N–H and O–H groups in total. The summed E-state index contributed by atoms with van der Waals surface area (Å²) in [6, 6.07) is 4.53. The molecule has 2 atom stereocenters. The third-order valence-corrected chi connectivity index (χ3v) is 2.98. The molecule has 3 nitrogen and oxygen atoms in total. The highest BCUT2D eigenvalue weighted by Gasteiger charge is 2.45. The number of hydrogen-bond acceptors (Lipinski definition) is 2. The molecule has 0 radical (unpaired) electrons. The van der Waals surface area contributed by atoms with E-state index in [1.54, 1.807) is 6.07 Å². The van der Waals surface area contributed by atoms with E-state index >= 15 is 0 Å². The van der Waals surface area contributed by atoms with Gasteiger partial charge in [-0.05, 0) is 24.1 Å². The number of carbonyl (C=O) groups is 1. The van der Waals surface area contributed by atoms with Crippen LogP contribution >= 0.6 is 0 Å². The summed E-state index contributed by atoms with van der Waals surface area (Å²) in [6.07, 6.45) is 0.655. The Hall–Kier alpha value is -1.58. The van der Waals surface area contributed by atoms with E-state index in [2.05, 4.69) is 0 Å². The van der Waals surface area contributed by atoms with Crippen LogP contribution in [0.15, 0.2) is 18.2 Å². The van der Waals surface area contributed by atoms with Gasteiger partial charge >= 0.3 is 5.97 Å². The zero-order chi connectivity index (χ0) is 11.9. The molecule has 16 heavy (non-hydrogen) atoms. The average molecular weight is 223 g/mol. The standard InChI is InChI=1S/C12H14FNO2/c1-14(2)11-5-7(13)3-4-8(11)9-6-10(9)12(15)16/h3-5,9-10H,6H2,1-2H3,(H,15,16)/t9-,10+/m0/s1. The van der Waals surface area contributed by atoms with Gasteiger partial charge in [0, 0.05) is 25.7 Å². The zero-order valence-electron chi connectivity index (χ0n) is 9.27. The predicted molar refractivity (Wildman–Crippen MR) is 59.2 cm³/mol. The van der Waals surface area contributed by atoms with Crippen LogP contribution in [0.1, 0.15) is 17.9 Å². The monoisotopic (exact) mass is 223 g/mol. The molecule has 4 heteroatoms. The Bertz CT molecular complexity index is 431. The van der Waals surface area contributed by atoms with Gasteiger partial charge in [-0.3, -0.25) is 4.79 Å². The van der Waals surface area contributed by atoms with Crippen molar-refractivity contribution in [1.82, 2.24) is 0 Å². The molecule has 0 saturated heterocycles. The number of carboxylic acids is 1. The molecule has 0 aliphatic heterocycles. The van der Waals surface area contributed by atoms with Gasteiger partial charge in [-0.25, -0.2) is 4.39 Å². The highest BCUT2D eigenvalue weighted by Crippen LogP contribution is 2.50. The highest BCUT2D eigenvalue weighted by atomic mass is 19.1. The molecule has 0 aromatic heterocycles. The predicted octanol–water partition coefficient (Wildman–Crippen LogP) is 2.08. The van der Waals surface area contributed by atoms with Crippen LogP contribution in [-0.4, -0.2) is 25.2 Å². The summed E-state index contributed by atoms with van der Waals surface area (Å²) in [5, 5.41) is 8.88. The maximum absolute atomic E-state index is 13.1. The maximum Gasteiger partial charge on any atom is 0.307 e. The Kier molecular flexibility index (Phi) is 2.58. The Morgan fingerprint density at radius 3 is 2.69 bits per heavy atom. The van der Waals surface area contributed by atoms with E-state index in [9.17, 15) is 9.18 Å². The normalized spacial score (nSPS) is 22.9. The first kappa shape index (κ1) is 10.9.